The Bertz CT molecular complexity index is 1190. The molecule has 0 spiro atoms. The van der Waals surface area contributed by atoms with Crippen molar-refractivity contribution in [3.05, 3.63) is 75.4 Å². The molecule has 2 aromatic rings. The Morgan fingerprint density at radius 1 is 0.794 bits per heavy atom. The zero-order valence-corrected chi connectivity index (χ0v) is 23.8. The summed E-state index contributed by atoms with van der Waals surface area (Å²) >= 11 is 0. The molecular weight excluding hydrogens is 408 g/mol. The van der Waals surface area contributed by atoms with Gasteiger partial charge in [0.2, 0.25) is 0 Å². The number of allylic oxidation sites excluding steroid dienone is 4. The van der Waals surface area contributed by atoms with Crippen molar-refractivity contribution >= 4 is 5.57 Å². The van der Waals surface area contributed by atoms with Crippen molar-refractivity contribution in [2.45, 2.75) is 106 Å². The molecule has 0 N–H and O–H groups in total. The van der Waals surface area contributed by atoms with Crippen molar-refractivity contribution < 1.29 is 0 Å². The van der Waals surface area contributed by atoms with Crippen molar-refractivity contribution in [2.24, 2.45) is 11.3 Å². The summed E-state index contributed by atoms with van der Waals surface area (Å²) in [5.41, 5.74) is 15.4. The van der Waals surface area contributed by atoms with Gasteiger partial charge in [-0.2, -0.15) is 0 Å². The molecule has 2 aromatic carbocycles. The first-order valence-corrected chi connectivity index (χ1v) is 13.3. The fourth-order valence-electron chi connectivity index (χ4n) is 5.83. The number of hydrogen-bond acceptors (Lipinski definition) is 0. The van der Waals surface area contributed by atoms with E-state index < -0.39 is 0 Å². The molecule has 1 unspecified atom stereocenters. The molecule has 0 fully saturated rings. The van der Waals surface area contributed by atoms with Gasteiger partial charge in [0.25, 0.3) is 0 Å². The number of hydrogen-bond donors (Lipinski definition) is 0. The van der Waals surface area contributed by atoms with E-state index >= 15 is 0 Å². The Hall–Kier alpha value is -2.08. The molecule has 182 valence electrons. The van der Waals surface area contributed by atoms with Crippen LogP contribution in [-0.4, -0.2) is 0 Å². The second kappa shape index (κ2) is 7.97. The lowest BCUT2D eigenvalue weighted by molar-refractivity contribution is 0.516. The quantitative estimate of drug-likeness (QED) is 0.361. The molecule has 34 heavy (non-hydrogen) atoms. The molecule has 0 amide bonds. The van der Waals surface area contributed by atoms with Crippen LogP contribution in [0.2, 0.25) is 0 Å². The van der Waals surface area contributed by atoms with E-state index in [0.29, 0.717) is 11.8 Å². The van der Waals surface area contributed by atoms with Crippen LogP contribution in [0.3, 0.4) is 0 Å². The molecule has 0 saturated carbocycles. The van der Waals surface area contributed by atoms with E-state index in [-0.39, 0.29) is 16.2 Å². The van der Waals surface area contributed by atoms with Crippen molar-refractivity contribution in [3.8, 4) is 11.1 Å². The zero-order chi connectivity index (χ0) is 25.4. The highest BCUT2D eigenvalue weighted by Gasteiger charge is 2.34. The first-order valence-electron chi connectivity index (χ1n) is 13.3. The van der Waals surface area contributed by atoms with Crippen LogP contribution in [0.4, 0.5) is 0 Å². The van der Waals surface area contributed by atoms with Gasteiger partial charge in [-0.15, -0.1) is 0 Å². The van der Waals surface area contributed by atoms with E-state index in [2.05, 4.69) is 120 Å². The van der Waals surface area contributed by atoms with Gasteiger partial charge in [-0.1, -0.05) is 113 Å². The molecule has 0 saturated heterocycles. The third kappa shape index (κ3) is 4.23. The van der Waals surface area contributed by atoms with Crippen molar-refractivity contribution in [3.63, 3.8) is 0 Å². The van der Waals surface area contributed by atoms with Gasteiger partial charge in [-0.05, 0) is 90.3 Å². The van der Waals surface area contributed by atoms with Crippen LogP contribution >= 0.6 is 0 Å². The molecule has 2 aliphatic carbocycles. The standard InChI is InChI=1S/C34H46/c1-20(2)30-28-16-22-13-14-23(32(4,5)6)17-26(22)27(28)19-29(34(10,11)12)31(30)25-18-24(15-21(25)3)33(7,8)9/h13-15,17-21H,16H2,1-12H3. The number of benzene rings is 2. The molecule has 1 atom stereocenters. The van der Waals surface area contributed by atoms with Gasteiger partial charge in [0.05, 0.1) is 0 Å². The average Bonchev–Trinajstić information content (AvgIpc) is 3.24. The van der Waals surface area contributed by atoms with Crippen molar-refractivity contribution in [1.29, 1.82) is 0 Å². The van der Waals surface area contributed by atoms with Crippen LogP contribution < -0.4 is 0 Å². The number of rotatable bonds is 2. The van der Waals surface area contributed by atoms with E-state index in [1.54, 1.807) is 11.1 Å². The van der Waals surface area contributed by atoms with Gasteiger partial charge in [0, 0.05) is 5.92 Å². The summed E-state index contributed by atoms with van der Waals surface area (Å²) in [6.45, 7) is 28.3. The first kappa shape index (κ1) is 25.0. The van der Waals surface area contributed by atoms with Crippen LogP contribution in [0.5, 0.6) is 0 Å². The van der Waals surface area contributed by atoms with Crippen LogP contribution in [0.15, 0.2) is 42.0 Å². The summed E-state index contributed by atoms with van der Waals surface area (Å²) in [5.74, 6) is 0.927. The SMILES string of the molecule is CC1C=C(C(C)(C)C)C=C1c1c(C(C)(C)C)cc2c(c1C(C)C)Cc1ccc(C(C)(C)C)cc1-2. The molecule has 2 aliphatic rings. The lowest BCUT2D eigenvalue weighted by Crippen LogP contribution is -2.18. The minimum atomic E-state index is 0.0729. The van der Waals surface area contributed by atoms with Crippen molar-refractivity contribution in [2.75, 3.05) is 0 Å². The maximum absolute atomic E-state index is 2.57. The Labute approximate surface area is 209 Å². The summed E-state index contributed by atoms with van der Waals surface area (Å²) in [4.78, 5) is 0. The molecule has 0 bridgehead atoms. The average molecular weight is 455 g/mol. The topological polar surface area (TPSA) is 0 Å². The van der Waals surface area contributed by atoms with Gasteiger partial charge in [-0.25, -0.2) is 0 Å². The molecular formula is C34H46. The van der Waals surface area contributed by atoms with Crippen LogP contribution in [-0.2, 0) is 17.3 Å². The maximum atomic E-state index is 2.57. The summed E-state index contributed by atoms with van der Waals surface area (Å²) in [5, 5.41) is 0. The molecule has 0 heteroatoms. The molecule has 4 rings (SSSR count). The lowest BCUT2D eigenvalue weighted by atomic mass is 9.73. The van der Waals surface area contributed by atoms with Gasteiger partial charge in [0.15, 0.2) is 0 Å². The van der Waals surface area contributed by atoms with E-state index in [4.69, 9.17) is 0 Å². The zero-order valence-electron chi connectivity index (χ0n) is 23.8. The second-order valence-corrected chi connectivity index (χ2v) is 14.2. The Morgan fingerprint density at radius 3 is 1.94 bits per heavy atom. The van der Waals surface area contributed by atoms with Gasteiger partial charge >= 0.3 is 0 Å². The minimum absolute atomic E-state index is 0.0729. The minimum Gasteiger partial charge on any atom is -0.0735 e. The third-order valence-corrected chi connectivity index (χ3v) is 7.88. The van der Waals surface area contributed by atoms with E-state index in [1.807, 2.05) is 0 Å². The Balaban J connectivity index is 2.03. The summed E-state index contributed by atoms with van der Waals surface area (Å²) in [6.07, 6.45) is 6.08. The first-order chi connectivity index (χ1) is 15.5. The van der Waals surface area contributed by atoms with Crippen LogP contribution in [0.25, 0.3) is 16.7 Å². The maximum Gasteiger partial charge on any atom is 0.000183 e. The smallest absolute Gasteiger partial charge is 0.000183 e. The van der Waals surface area contributed by atoms with E-state index in [0.717, 1.165) is 6.42 Å². The predicted octanol–water partition coefficient (Wildman–Crippen LogP) is 9.98. The molecule has 0 radical (unpaired) electrons. The Kier molecular flexibility index (Phi) is 5.87. The molecule has 0 aliphatic heterocycles. The predicted molar refractivity (Wildman–Crippen MR) is 151 cm³/mol. The van der Waals surface area contributed by atoms with Gasteiger partial charge in [0.1, 0.15) is 0 Å². The summed E-state index contributed by atoms with van der Waals surface area (Å²) in [6, 6.07) is 9.80. The third-order valence-electron chi connectivity index (χ3n) is 7.88. The van der Waals surface area contributed by atoms with E-state index in [9.17, 15) is 0 Å². The highest BCUT2D eigenvalue weighted by Crippen LogP contribution is 2.51. The highest BCUT2D eigenvalue weighted by molar-refractivity contribution is 5.87. The fraction of sp³-hybridized carbons (Fsp3) is 0.529. The number of fused-ring (bicyclic) bond motifs is 3. The monoisotopic (exact) mass is 454 g/mol. The normalized spacial score (nSPS) is 18.2. The van der Waals surface area contributed by atoms with E-state index in [1.165, 1.54) is 44.5 Å². The summed E-state index contributed by atoms with van der Waals surface area (Å²) < 4.78 is 0. The highest BCUT2D eigenvalue weighted by atomic mass is 14.4. The van der Waals surface area contributed by atoms with Gasteiger partial charge < -0.3 is 0 Å². The molecule has 0 heterocycles. The summed E-state index contributed by atoms with van der Waals surface area (Å²) in [7, 11) is 0. The largest absolute Gasteiger partial charge is 0.0735 e. The molecule has 0 nitrogen and oxygen atoms in total. The van der Waals surface area contributed by atoms with Crippen LogP contribution in [0.1, 0.15) is 122 Å². The lowest BCUT2D eigenvalue weighted by Gasteiger charge is -2.31. The van der Waals surface area contributed by atoms with Crippen LogP contribution in [0, 0.1) is 11.3 Å². The second-order valence-electron chi connectivity index (χ2n) is 14.2. The van der Waals surface area contributed by atoms with Crippen molar-refractivity contribution in [1.82, 2.24) is 0 Å². The Morgan fingerprint density at radius 2 is 1.44 bits per heavy atom. The van der Waals surface area contributed by atoms with Gasteiger partial charge in [-0.3, -0.25) is 0 Å². The molecule has 0 aromatic heterocycles. The fourth-order valence-corrected chi connectivity index (χ4v) is 5.83.